The number of halogens is 4. The molecule has 1 aromatic carbocycles. The van der Waals surface area contributed by atoms with E-state index in [9.17, 15) is 22.4 Å². The number of nitrogens with zero attached hydrogens (tertiary/aromatic N) is 3. The molecule has 2 atom stereocenters. The third-order valence-electron chi connectivity index (χ3n) is 5.30. The van der Waals surface area contributed by atoms with E-state index in [1.807, 2.05) is 31.2 Å². The maximum absolute atomic E-state index is 13.5. The van der Waals surface area contributed by atoms with Crippen LogP contribution < -0.4 is 9.64 Å². The van der Waals surface area contributed by atoms with Gasteiger partial charge in [-0.15, -0.1) is 0 Å². The van der Waals surface area contributed by atoms with Gasteiger partial charge in [0.2, 0.25) is 5.91 Å². The van der Waals surface area contributed by atoms with Gasteiger partial charge >= 0.3 is 6.18 Å². The molecule has 9 heteroatoms. The first-order valence-electron chi connectivity index (χ1n) is 10.00. The van der Waals surface area contributed by atoms with E-state index in [0.717, 1.165) is 11.6 Å². The molecule has 3 rings (SSSR count). The number of hydrogen-bond donors (Lipinski definition) is 0. The monoisotopic (exact) mass is 439 g/mol. The molecule has 1 aliphatic heterocycles. The average molecular weight is 439 g/mol. The zero-order chi connectivity index (χ0) is 22.8. The molecule has 1 unspecified atom stereocenters. The van der Waals surface area contributed by atoms with E-state index in [1.165, 1.54) is 6.07 Å². The summed E-state index contributed by atoms with van der Waals surface area (Å²) in [6.45, 7) is 2.80. The van der Waals surface area contributed by atoms with Crippen molar-refractivity contribution in [1.29, 1.82) is 0 Å². The fraction of sp³-hybridized carbons (Fsp3) is 0.455. The second kappa shape index (κ2) is 9.11. The molecular formula is C22H25F4N3O2. The number of aromatic nitrogens is 1. The SMILES string of the molecule is C[C@H](CC(=O)N(C)C)c1ccc(OC2CCN(c3ccc(F)c(C(F)(F)F)n3)C2)cc1. The van der Waals surface area contributed by atoms with Crippen molar-refractivity contribution in [3.63, 3.8) is 0 Å². The number of benzene rings is 1. The molecule has 0 spiro atoms. The Labute approximate surface area is 178 Å². The fourth-order valence-electron chi connectivity index (χ4n) is 3.47. The van der Waals surface area contributed by atoms with Crippen LogP contribution in [0.1, 0.15) is 36.9 Å². The summed E-state index contributed by atoms with van der Waals surface area (Å²) in [5.74, 6) is -0.538. The third kappa shape index (κ3) is 5.65. The number of ether oxygens (including phenoxy) is 1. The van der Waals surface area contributed by atoms with E-state index in [-0.39, 0.29) is 23.7 Å². The van der Waals surface area contributed by atoms with E-state index < -0.39 is 17.7 Å². The van der Waals surface area contributed by atoms with Crippen LogP contribution in [-0.4, -0.2) is 49.1 Å². The summed E-state index contributed by atoms with van der Waals surface area (Å²) in [5.41, 5.74) is -0.488. The molecular weight excluding hydrogens is 414 g/mol. The Hall–Kier alpha value is -2.84. The number of alkyl halides is 3. The molecule has 5 nitrogen and oxygen atoms in total. The van der Waals surface area contributed by atoms with Crippen LogP contribution in [0.4, 0.5) is 23.4 Å². The summed E-state index contributed by atoms with van der Waals surface area (Å²) in [5, 5.41) is 0. The van der Waals surface area contributed by atoms with Crippen molar-refractivity contribution in [2.45, 2.75) is 38.0 Å². The number of pyridine rings is 1. The molecule has 31 heavy (non-hydrogen) atoms. The summed E-state index contributed by atoms with van der Waals surface area (Å²) in [6.07, 6.45) is -4.04. The predicted molar refractivity (Wildman–Crippen MR) is 109 cm³/mol. The number of rotatable bonds is 6. The van der Waals surface area contributed by atoms with Crippen molar-refractivity contribution in [3.05, 3.63) is 53.5 Å². The van der Waals surface area contributed by atoms with Gasteiger partial charge in [-0.2, -0.15) is 13.2 Å². The van der Waals surface area contributed by atoms with E-state index in [0.29, 0.717) is 31.7 Å². The Morgan fingerprint density at radius 2 is 1.90 bits per heavy atom. The first kappa shape index (κ1) is 22.8. The molecule has 2 aromatic rings. The van der Waals surface area contributed by atoms with Crippen molar-refractivity contribution >= 4 is 11.7 Å². The van der Waals surface area contributed by atoms with Gasteiger partial charge in [-0.1, -0.05) is 19.1 Å². The molecule has 1 amide bonds. The normalized spacial score (nSPS) is 17.5. The molecule has 0 N–H and O–H groups in total. The quantitative estimate of drug-likeness (QED) is 0.623. The Morgan fingerprint density at radius 1 is 1.23 bits per heavy atom. The highest BCUT2D eigenvalue weighted by molar-refractivity contribution is 5.76. The minimum absolute atomic E-state index is 0.0574. The lowest BCUT2D eigenvalue weighted by atomic mass is 9.97. The lowest BCUT2D eigenvalue weighted by molar-refractivity contribution is -0.143. The lowest BCUT2D eigenvalue weighted by Gasteiger charge is -2.20. The first-order valence-corrected chi connectivity index (χ1v) is 10.00. The van der Waals surface area contributed by atoms with Crippen molar-refractivity contribution in [2.75, 3.05) is 32.1 Å². The fourth-order valence-corrected chi connectivity index (χ4v) is 3.47. The van der Waals surface area contributed by atoms with Crippen LogP contribution in [-0.2, 0) is 11.0 Å². The summed E-state index contributed by atoms with van der Waals surface area (Å²) >= 11 is 0. The maximum atomic E-state index is 13.5. The minimum atomic E-state index is -4.84. The lowest BCUT2D eigenvalue weighted by Crippen LogP contribution is -2.26. The van der Waals surface area contributed by atoms with Gasteiger partial charge < -0.3 is 14.5 Å². The highest BCUT2D eigenvalue weighted by Gasteiger charge is 2.37. The van der Waals surface area contributed by atoms with Crippen LogP contribution in [0.15, 0.2) is 36.4 Å². The van der Waals surface area contributed by atoms with Gasteiger partial charge in [-0.05, 0) is 35.7 Å². The second-order valence-electron chi connectivity index (χ2n) is 7.93. The topological polar surface area (TPSA) is 45.7 Å². The smallest absolute Gasteiger partial charge is 0.436 e. The third-order valence-corrected chi connectivity index (χ3v) is 5.30. The Balaban J connectivity index is 1.60. The highest BCUT2D eigenvalue weighted by Crippen LogP contribution is 2.32. The van der Waals surface area contributed by atoms with Gasteiger partial charge in [0, 0.05) is 33.5 Å². The van der Waals surface area contributed by atoms with Crippen molar-refractivity contribution in [2.24, 2.45) is 0 Å². The van der Waals surface area contributed by atoms with Crippen LogP contribution in [0.5, 0.6) is 5.75 Å². The van der Waals surface area contributed by atoms with Crippen molar-refractivity contribution < 1.29 is 27.1 Å². The molecule has 1 aromatic heterocycles. The number of amides is 1. The Morgan fingerprint density at radius 3 is 2.52 bits per heavy atom. The van der Waals surface area contributed by atoms with Gasteiger partial charge in [-0.25, -0.2) is 9.37 Å². The molecule has 2 heterocycles. The number of hydrogen-bond acceptors (Lipinski definition) is 4. The van der Waals surface area contributed by atoms with E-state index in [4.69, 9.17) is 4.74 Å². The largest absolute Gasteiger partial charge is 0.489 e. The van der Waals surface area contributed by atoms with Gasteiger partial charge in [0.25, 0.3) is 0 Å². The molecule has 0 radical (unpaired) electrons. The maximum Gasteiger partial charge on any atom is 0.436 e. The second-order valence-corrected chi connectivity index (χ2v) is 7.93. The summed E-state index contributed by atoms with van der Waals surface area (Å²) in [4.78, 5) is 18.6. The molecule has 168 valence electrons. The summed E-state index contributed by atoms with van der Waals surface area (Å²) in [7, 11) is 3.45. The number of carbonyl (C=O) groups is 1. The summed E-state index contributed by atoms with van der Waals surface area (Å²) in [6, 6.07) is 9.51. The van der Waals surface area contributed by atoms with Crippen LogP contribution in [0.25, 0.3) is 0 Å². The van der Waals surface area contributed by atoms with Gasteiger partial charge in [-0.3, -0.25) is 4.79 Å². The molecule has 0 bridgehead atoms. The number of anilines is 1. The molecule has 1 saturated heterocycles. The van der Waals surface area contributed by atoms with Crippen LogP contribution >= 0.6 is 0 Å². The first-order chi connectivity index (χ1) is 14.5. The van der Waals surface area contributed by atoms with Crippen LogP contribution in [0.3, 0.4) is 0 Å². The predicted octanol–water partition coefficient (Wildman–Crippen LogP) is 4.48. The van der Waals surface area contributed by atoms with Gasteiger partial charge in [0.15, 0.2) is 11.5 Å². The zero-order valence-electron chi connectivity index (χ0n) is 17.6. The minimum Gasteiger partial charge on any atom is -0.489 e. The van der Waals surface area contributed by atoms with Crippen LogP contribution in [0, 0.1) is 5.82 Å². The van der Waals surface area contributed by atoms with Crippen molar-refractivity contribution in [1.82, 2.24) is 9.88 Å². The van der Waals surface area contributed by atoms with Crippen molar-refractivity contribution in [3.8, 4) is 5.75 Å². The highest BCUT2D eigenvalue weighted by atomic mass is 19.4. The Kier molecular flexibility index (Phi) is 6.71. The van der Waals surface area contributed by atoms with E-state index >= 15 is 0 Å². The molecule has 1 fully saturated rings. The van der Waals surface area contributed by atoms with Gasteiger partial charge in [0.05, 0.1) is 6.54 Å². The Bertz CT molecular complexity index is 916. The summed E-state index contributed by atoms with van der Waals surface area (Å²) < 4.78 is 58.2. The average Bonchev–Trinajstić information content (AvgIpc) is 3.16. The van der Waals surface area contributed by atoms with E-state index in [1.54, 1.807) is 23.9 Å². The van der Waals surface area contributed by atoms with Gasteiger partial charge in [0.1, 0.15) is 17.7 Å². The zero-order valence-corrected chi connectivity index (χ0v) is 17.6. The van der Waals surface area contributed by atoms with E-state index in [2.05, 4.69) is 4.98 Å². The molecule has 0 saturated carbocycles. The molecule has 0 aliphatic carbocycles. The molecule has 1 aliphatic rings. The van der Waals surface area contributed by atoms with Crippen LogP contribution in [0.2, 0.25) is 0 Å². The number of carbonyl (C=O) groups excluding carboxylic acids is 1. The standard InChI is InChI=1S/C22H25F4N3O2/c1-14(12-20(30)28(2)3)15-4-6-16(7-5-15)31-17-10-11-29(13-17)19-9-8-18(23)21(27-19)22(24,25)26/h4-9,14,17H,10-13H2,1-3H3/t14-,17?/m1/s1.